The SMILES string of the molecule is CCCCCCCC1(C#N)CCC(OC(=O)c2ccc(-c3ccc(OCCCCCC)cn3)cc2)CC1. The van der Waals surface area contributed by atoms with Gasteiger partial charge in [0, 0.05) is 5.56 Å². The summed E-state index contributed by atoms with van der Waals surface area (Å²) in [5.41, 5.74) is 2.10. The second-order valence-electron chi connectivity index (χ2n) is 10.5. The maximum atomic E-state index is 12.8. The molecular weight excluding hydrogens is 460 g/mol. The lowest BCUT2D eigenvalue weighted by Crippen LogP contribution is -2.31. The molecule has 1 fully saturated rings. The maximum Gasteiger partial charge on any atom is 0.338 e. The van der Waals surface area contributed by atoms with E-state index in [0.29, 0.717) is 5.56 Å². The van der Waals surface area contributed by atoms with Gasteiger partial charge >= 0.3 is 5.97 Å². The Kier molecular flexibility index (Phi) is 11.9. The Balaban J connectivity index is 1.44. The highest BCUT2D eigenvalue weighted by Crippen LogP contribution is 2.41. The smallest absolute Gasteiger partial charge is 0.338 e. The van der Waals surface area contributed by atoms with Gasteiger partial charge < -0.3 is 9.47 Å². The van der Waals surface area contributed by atoms with Crippen LogP contribution in [0.4, 0.5) is 0 Å². The summed E-state index contributed by atoms with van der Waals surface area (Å²) in [6.45, 7) is 5.14. The molecule has 0 bridgehead atoms. The number of benzene rings is 1. The number of esters is 1. The first-order valence-corrected chi connectivity index (χ1v) is 14.4. The van der Waals surface area contributed by atoms with Crippen LogP contribution in [0.2, 0.25) is 0 Å². The molecule has 2 aromatic rings. The second-order valence-corrected chi connectivity index (χ2v) is 10.5. The number of hydrogen-bond acceptors (Lipinski definition) is 5. The van der Waals surface area contributed by atoms with Crippen LogP contribution in [0.15, 0.2) is 42.6 Å². The van der Waals surface area contributed by atoms with Gasteiger partial charge in [-0.15, -0.1) is 0 Å². The summed E-state index contributed by atoms with van der Waals surface area (Å²) in [7, 11) is 0. The third kappa shape index (κ3) is 9.18. The topological polar surface area (TPSA) is 72.2 Å². The fraction of sp³-hybridized carbons (Fsp3) is 0.594. The third-order valence-corrected chi connectivity index (χ3v) is 7.58. The molecule has 0 saturated heterocycles. The summed E-state index contributed by atoms with van der Waals surface area (Å²) >= 11 is 0. The predicted molar refractivity (Wildman–Crippen MR) is 148 cm³/mol. The predicted octanol–water partition coefficient (Wildman–Crippen LogP) is 8.68. The lowest BCUT2D eigenvalue weighted by molar-refractivity contribution is 0.0105. The van der Waals surface area contributed by atoms with E-state index in [1.54, 1.807) is 18.3 Å². The Morgan fingerprint density at radius 1 is 0.946 bits per heavy atom. The molecule has 1 aromatic carbocycles. The Labute approximate surface area is 223 Å². The van der Waals surface area contributed by atoms with Gasteiger partial charge in [0.05, 0.1) is 35.5 Å². The van der Waals surface area contributed by atoms with Crippen molar-refractivity contribution < 1.29 is 14.3 Å². The molecule has 3 rings (SSSR count). The van der Waals surface area contributed by atoms with Gasteiger partial charge in [-0.05, 0) is 62.8 Å². The number of carbonyl (C=O) groups excluding carboxylic acids is 1. The lowest BCUT2D eigenvalue weighted by atomic mass is 9.71. The maximum absolute atomic E-state index is 12.8. The van der Waals surface area contributed by atoms with Gasteiger partial charge in [-0.2, -0.15) is 5.26 Å². The van der Waals surface area contributed by atoms with Crippen LogP contribution < -0.4 is 4.74 Å². The molecule has 0 amide bonds. The fourth-order valence-electron chi connectivity index (χ4n) is 5.10. The minimum atomic E-state index is -0.291. The summed E-state index contributed by atoms with van der Waals surface area (Å²) in [5, 5.41) is 9.82. The highest BCUT2D eigenvalue weighted by molar-refractivity contribution is 5.90. The van der Waals surface area contributed by atoms with Gasteiger partial charge in [-0.1, -0.05) is 77.3 Å². The molecule has 5 heteroatoms. The van der Waals surface area contributed by atoms with Crippen LogP contribution in [0.1, 0.15) is 114 Å². The number of nitriles is 1. The Bertz CT molecular complexity index is 971. The van der Waals surface area contributed by atoms with Crippen molar-refractivity contribution in [3.8, 4) is 23.1 Å². The molecule has 0 N–H and O–H groups in total. The van der Waals surface area contributed by atoms with Crippen molar-refractivity contribution in [3.63, 3.8) is 0 Å². The standard InChI is InChI=1S/C32H44N2O3/c1-3-5-7-9-10-20-32(25-33)21-18-28(19-22-32)37-31(35)27-14-12-26(13-15-27)30-17-16-29(24-34-30)36-23-11-8-6-4-2/h12-17,24,28H,3-11,18-23H2,1-2H3. The Morgan fingerprint density at radius 3 is 2.24 bits per heavy atom. The average molecular weight is 505 g/mol. The van der Waals surface area contributed by atoms with E-state index in [0.717, 1.165) is 68.6 Å². The van der Waals surface area contributed by atoms with Crippen LogP contribution in [-0.4, -0.2) is 23.7 Å². The number of ether oxygens (including phenoxy) is 2. The van der Waals surface area contributed by atoms with Gasteiger partial charge in [0.2, 0.25) is 0 Å². The summed E-state index contributed by atoms with van der Waals surface area (Å²) in [6.07, 6.45) is 16.6. The van der Waals surface area contributed by atoms with Crippen LogP contribution in [0.25, 0.3) is 11.3 Å². The molecule has 1 aliphatic rings. The molecule has 1 aromatic heterocycles. The van der Waals surface area contributed by atoms with Gasteiger partial charge in [0.1, 0.15) is 11.9 Å². The minimum absolute atomic E-state index is 0.107. The van der Waals surface area contributed by atoms with Crippen LogP contribution >= 0.6 is 0 Å². The quantitative estimate of drug-likeness (QED) is 0.179. The van der Waals surface area contributed by atoms with Crippen LogP contribution in [0.3, 0.4) is 0 Å². The van der Waals surface area contributed by atoms with Crippen molar-refractivity contribution in [3.05, 3.63) is 48.2 Å². The van der Waals surface area contributed by atoms with Gasteiger partial charge in [-0.25, -0.2) is 4.79 Å². The molecule has 200 valence electrons. The Hall–Kier alpha value is -2.87. The number of unbranched alkanes of at least 4 members (excludes halogenated alkanes) is 7. The molecule has 37 heavy (non-hydrogen) atoms. The van der Waals surface area contributed by atoms with Crippen molar-refractivity contribution in [2.75, 3.05) is 6.61 Å². The summed E-state index contributed by atoms with van der Waals surface area (Å²) in [5.74, 6) is 0.491. The van der Waals surface area contributed by atoms with Gasteiger partial charge in [0.25, 0.3) is 0 Å². The van der Waals surface area contributed by atoms with Gasteiger partial charge in [-0.3, -0.25) is 4.98 Å². The van der Waals surface area contributed by atoms with Crippen LogP contribution in [0.5, 0.6) is 5.75 Å². The van der Waals surface area contributed by atoms with Gasteiger partial charge in [0.15, 0.2) is 0 Å². The van der Waals surface area contributed by atoms with Crippen LogP contribution in [-0.2, 0) is 4.74 Å². The molecule has 1 heterocycles. The fourth-order valence-corrected chi connectivity index (χ4v) is 5.10. The number of aromatic nitrogens is 1. The number of nitrogens with zero attached hydrogens (tertiary/aromatic N) is 2. The molecule has 1 aliphatic carbocycles. The van der Waals surface area contributed by atoms with E-state index in [1.165, 1.54) is 44.9 Å². The van der Waals surface area contributed by atoms with E-state index in [2.05, 4.69) is 24.9 Å². The zero-order valence-corrected chi connectivity index (χ0v) is 22.8. The second kappa shape index (κ2) is 15.4. The molecule has 0 radical (unpaired) electrons. The summed E-state index contributed by atoms with van der Waals surface area (Å²) in [6, 6.07) is 13.9. The Morgan fingerprint density at radius 2 is 1.62 bits per heavy atom. The van der Waals surface area contributed by atoms with Crippen molar-refractivity contribution >= 4 is 5.97 Å². The number of carbonyl (C=O) groups is 1. The first-order valence-electron chi connectivity index (χ1n) is 14.4. The van der Waals surface area contributed by atoms with E-state index in [9.17, 15) is 10.1 Å². The normalized spacial score (nSPS) is 19.2. The first-order chi connectivity index (χ1) is 18.1. The molecule has 0 unspecified atom stereocenters. The highest BCUT2D eigenvalue weighted by atomic mass is 16.5. The van der Waals surface area contributed by atoms with Crippen LogP contribution in [0, 0.1) is 16.7 Å². The van der Waals surface area contributed by atoms with E-state index in [1.807, 2.05) is 24.3 Å². The zero-order valence-electron chi connectivity index (χ0n) is 22.8. The minimum Gasteiger partial charge on any atom is -0.492 e. The van der Waals surface area contributed by atoms with E-state index >= 15 is 0 Å². The molecule has 0 atom stereocenters. The lowest BCUT2D eigenvalue weighted by Gasteiger charge is -2.34. The third-order valence-electron chi connectivity index (χ3n) is 7.58. The van der Waals surface area contributed by atoms with E-state index < -0.39 is 0 Å². The molecule has 1 saturated carbocycles. The number of hydrogen-bond donors (Lipinski definition) is 0. The van der Waals surface area contributed by atoms with E-state index in [4.69, 9.17) is 9.47 Å². The largest absolute Gasteiger partial charge is 0.492 e. The summed E-state index contributed by atoms with van der Waals surface area (Å²) < 4.78 is 11.6. The van der Waals surface area contributed by atoms with E-state index in [-0.39, 0.29) is 17.5 Å². The zero-order chi connectivity index (χ0) is 26.3. The number of pyridine rings is 1. The monoisotopic (exact) mass is 504 g/mol. The molecule has 0 aliphatic heterocycles. The average Bonchev–Trinajstić information content (AvgIpc) is 2.94. The van der Waals surface area contributed by atoms with Crippen molar-refractivity contribution in [2.45, 2.75) is 110 Å². The summed E-state index contributed by atoms with van der Waals surface area (Å²) in [4.78, 5) is 17.3. The van der Waals surface area contributed by atoms with Crippen molar-refractivity contribution in [1.82, 2.24) is 4.98 Å². The molecule has 5 nitrogen and oxygen atoms in total. The first kappa shape index (κ1) is 28.7. The van der Waals surface area contributed by atoms with Crippen molar-refractivity contribution in [1.29, 1.82) is 5.26 Å². The highest BCUT2D eigenvalue weighted by Gasteiger charge is 2.36. The molecule has 0 spiro atoms. The number of rotatable bonds is 15. The molecular formula is C32H44N2O3. The van der Waals surface area contributed by atoms with Crippen molar-refractivity contribution in [2.24, 2.45) is 5.41 Å².